The molecular formula is C22H39N5O2. The van der Waals surface area contributed by atoms with E-state index < -0.39 is 0 Å². The maximum absolute atomic E-state index is 5.55. The number of aliphatic imine (C=N–C) groups is 1. The number of benzene rings is 1. The Morgan fingerprint density at radius 2 is 1.86 bits per heavy atom. The average Bonchev–Trinajstić information content (AvgIpc) is 2.79. The summed E-state index contributed by atoms with van der Waals surface area (Å²) in [5.41, 5.74) is 1.28. The van der Waals surface area contributed by atoms with E-state index in [2.05, 4.69) is 51.4 Å². The first-order valence-corrected chi connectivity index (χ1v) is 10.8. The molecule has 0 amide bonds. The van der Waals surface area contributed by atoms with Crippen molar-refractivity contribution >= 4 is 5.96 Å². The second kappa shape index (κ2) is 13.4. The predicted molar refractivity (Wildman–Crippen MR) is 120 cm³/mol. The van der Waals surface area contributed by atoms with Gasteiger partial charge in [-0.05, 0) is 43.8 Å². The fourth-order valence-electron chi connectivity index (χ4n) is 3.64. The van der Waals surface area contributed by atoms with E-state index >= 15 is 0 Å². The first-order chi connectivity index (χ1) is 14.2. The van der Waals surface area contributed by atoms with E-state index in [-0.39, 0.29) is 6.04 Å². The molecule has 164 valence electrons. The second-order valence-electron chi connectivity index (χ2n) is 7.20. The van der Waals surface area contributed by atoms with Crippen LogP contribution in [0.4, 0.5) is 0 Å². The minimum atomic E-state index is 0.263. The number of morpholine rings is 1. The van der Waals surface area contributed by atoms with Crippen LogP contribution >= 0.6 is 0 Å². The van der Waals surface area contributed by atoms with Gasteiger partial charge < -0.3 is 25.0 Å². The van der Waals surface area contributed by atoms with Crippen molar-refractivity contribution in [3.05, 3.63) is 29.8 Å². The van der Waals surface area contributed by atoms with Crippen molar-refractivity contribution in [2.45, 2.75) is 26.3 Å². The van der Waals surface area contributed by atoms with E-state index in [9.17, 15) is 0 Å². The molecule has 2 N–H and O–H groups in total. The van der Waals surface area contributed by atoms with Crippen molar-refractivity contribution in [1.82, 2.24) is 20.4 Å². The van der Waals surface area contributed by atoms with Crippen LogP contribution in [0.25, 0.3) is 0 Å². The number of rotatable bonds is 11. The van der Waals surface area contributed by atoms with Crippen LogP contribution in [0.5, 0.6) is 5.75 Å². The number of nitrogens with zero attached hydrogens (tertiary/aromatic N) is 3. The Kier molecular flexibility index (Phi) is 10.8. The lowest BCUT2D eigenvalue weighted by Gasteiger charge is -2.35. The quantitative estimate of drug-likeness (QED) is 0.333. The smallest absolute Gasteiger partial charge is 0.191 e. The summed E-state index contributed by atoms with van der Waals surface area (Å²) in [7, 11) is 3.53. The molecule has 1 aliphatic heterocycles. The molecule has 0 aromatic heterocycles. The van der Waals surface area contributed by atoms with E-state index in [4.69, 9.17) is 9.47 Å². The molecule has 0 spiro atoms. The summed E-state index contributed by atoms with van der Waals surface area (Å²) in [4.78, 5) is 9.32. The molecule has 0 saturated carbocycles. The van der Waals surface area contributed by atoms with Crippen molar-refractivity contribution in [2.24, 2.45) is 4.99 Å². The van der Waals surface area contributed by atoms with Crippen LogP contribution in [0.3, 0.4) is 0 Å². The van der Waals surface area contributed by atoms with Gasteiger partial charge in [-0.15, -0.1) is 0 Å². The van der Waals surface area contributed by atoms with Gasteiger partial charge in [-0.3, -0.25) is 9.89 Å². The maximum Gasteiger partial charge on any atom is 0.191 e. The summed E-state index contributed by atoms with van der Waals surface area (Å²) in [5, 5.41) is 6.97. The van der Waals surface area contributed by atoms with Gasteiger partial charge in [-0.2, -0.15) is 0 Å². The van der Waals surface area contributed by atoms with E-state index in [0.29, 0.717) is 0 Å². The lowest BCUT2D eigenvalue weighted by molar-refractivity contribution is 0.0170. The standard InChI is InChI=1S/C22H39N5O2/c1-5-26(6-2)13-7-12-24-22(23-3)25-18-21(27-14-16-29-17-15-27)19-8-10-20(28-4)11-9-19/h8-11,21H,5-7,12-18H2,1-4H3,(H2,23,24,25). The topological polar surface area (TPSA) is 61.4 Å². The third-order valence-corrected chi connectivity index (χ3v) is 5.51. The highest BCUT2D eigenvalue weighted by Gasteiger charge is 2.23. The summed E-state index contributed by atoms with van der Waals surface area (Å²) in [6.45, 7) is 12.9. The van der Waals surface area contributed by atoms with Gasteiger partial charge in [0.15, 0.2) is 5.96 Å². The number of guanidine groups is 1. The van der Waals surface area contributed by atoms with Crippen molar-refractivity contribution in [3.63, 3.8) is 0 Å². The van der Waals surface area contributed by atoms with E-state index in [0.717, 1.165) is 77.2 Å². The first kappa shape index (κ1) is 23.4. The fraction of sp³-hybridized carbons (Fsp3) is 0.682. The second-order valence-corrected chi connectivity index (χ2v) is 7.20. The molecule has 1 atom stereocenters. The summed E-state index contributed by atoms with van der Waals surface area (Å²) < 4.78 is 10.9. The first-order valence-electron chi connectivity index (χ1n) is 10.8. The lowest BCUT2D eigenvalue weighted by atomic mass is 10.0. The summed E-state index contributed by atoms with van der Waals surface area (Å²) >= 11 is 0. The Morgan fingerprint density at radius 1 is 1.17 bits per heavy atom. The van der Waals surface area contributed by atoms with Crippen molar-refractivity contribution in [1.29, 1.82) is 0 Å². The zero-order chi connectivity index (χ0) is 20.9. The molecule has 1 aromatic rings. The molecule has 1 fully saturated rings. The molecule has 1 heterocycles. The van der Waals surface area contributed by atoms with Crippen LogP contribution in [0.2, 0.25) is 0 Å². The van der Waals surface area contributed by atoms with Crippen molar-refractivity contribution in [3.8, 4) is 5.75 Å². The number of hydrogen-bond acceptors (Lipinski definition) is 5. The Balaban J connectivity index is 1.91. The van der Waals surface area contributed by atoms with Crippen LogP contribution in [0, 0.1) is 0 Å². The molecule has 0 aliphatic carbocycles. The normalized spacial score (nSPS) is 16.7. The third kappa shape index (κ3) is 7.84. The average molecular weight is 406 g/mol. The maximum atomic E-state index is 5.55. The summed E-state index contributed by atoms with van der Waals surface area (Å²) in [6, 6.07) is 8.63. The van der Waals surface area contributed by atoms with Crippen LogP contribution in [0.1, 0.15) is 31.9 Å². The predicted octanol–water partition coefficient (Wildman–Crippen LogP) is 1.97. The monoisotopic (exact) mass is 405 g/mol. The fourth-order valence-corrected chi connectivity index (χ4v) is 3.64. The highest BCUT2D eigenvalue weighted by Crippen LogP contribution is 2.23. The van der Waals surface area contributed by atoms with Crippen molar-refractivity contribution in [2.75, 3.05) is 73.2 Å². The summed E-state index contributed by atoms with van der Waals surface area (Å²) in [6.07, 6.45) is 1.10. The highest BCUT2D eigenvalue weighted by atomic mass is 16.5. The van der Waals surface area contributed by atoms with Crippen LogP contribution in [-0.4, -0.2) is 88.9 Å². The van der Waals surface area contributed by atoms with Gasteiger partial charge >= 0.3 is 0 Å². The Morgan fingerprint density at radius 3 is 2.45 bits per heavy atom. The molecule has 1 saturated heterocycles. The van der Waals surface area contributed by atoms with Gasteiger partial charge in [0.25, 0.3) is 0 Å². The van der Waals surface area contributed by atoms with Crippen LogP contribution in [-0.2, 0) is 4.74 Å². The van der Waals surface area contributed by atoms with Gasteiger partial charge in [0.2, 0.25) is 0 Å². The third-order valence-electron chi connectivity index (χ3n) is 5.51. The molecule has 1 aliphatic rings. The van der Waals surface area contributed by atoms with Gasteiger partial charge in [0.1, 0.15) is 5.75 Å². The van der Waals surface area contributed by atoms with Crippen LogP contribution < -0.4 is 15.4 Å². The molecule has 1 aromatic carbocycles. The molecule has 0 radical (unpaired) electrons. The van der Waals surface area contributed by atoms with Gasteiger partial charge in [0.05, 0.1) is 26.4 Å². The Labute approximate surface area is 176 Å². The minimum absolute atomic E-state index is 0.263. The SMILES string of the molecule is CCN(CC)CCCNC(=NC)NCC(c1ccc(OC)cc1)N1CCOCC1. The molecule has 29 heavy (non-hydrogen) atoms. The molecule has 2 rings (SSSR count). The van der Waals surface area contributed by atoms with Crippen molar-refractivity contribution < 1.29 is 9.47 Å². The summed E-state index contributed by atoms with van der Waals surface area (Å²) in [5.74, 6) is 1.74. The largest absolute Gasteiger partial charge is 0.497 e. The number of nitrogens with one attached hydrogen (secondary N) is 2. The molecular weight excluding hydrogens is 366 g/mol. The minimum Gasteiger partial charge on any atom is -0.497 e. The molecule has 1 unspecified atom stereocenters. The van der Waals surface area contributed by atoms with E-state index in [1.165, 1.54) is 5.56 Å². The number of hydrogen-bond donors (Lipinski definition) is 2. The number of methoxy groups -OCH3 is 1. The molecule has 7 heteroatoms. The number of ether oxygens (including phenoxy) is 2. The van der Waals surface area contributed by atoms with E-state index in [1.807, 2.05) is 19.2 Å². The molecule has 7 nitrogen and oxygen atoms in total. The van der Waals surface area contributed by atoms with Gasteiger partial charge in [-0.25, -0.2) is 0 Å². The molecule has 0 bridgehead atoms. The Hall–Kier alpha value is -1.83. The Bertz CT molecular complexity index is 583. The van der Waals surface area contributed by atoms with Gasteiger partial charge in [-0.1, -0.05) is 26.0 Å². The zero-order valence-corrected chi connectivity index (χ0v) is 18.6. The zero-order valence-electron chi connectivity index (χ0n) is 18.6. The lowest BCUT2D eigenvalue weighted by Crippen LogP contribution is -2.46. The van der Waals surface area contributed by atoms with Gasteiger partial charge in [0, 0.05) is 33.2 Å². The highest BCUT2D eigenvalue weighted by molar-refractivity contribution is 5.79. The van der Waals surface area contributed by atoms with E-state index in [1.54, 1.807) is 7.11 Å². The van der Waals surface area contributed by atoms with Crippen LogP contribution in [0.15, 0.2) is 29.3 Å².